The van der Waals surface area contributed by atoms with Crippen molar-refractivity contribution in [1.82, 2.24) is 0 Å². The fourth-order valence-corrected chi connectivity index (χ4v) is 5.61. The van der Waals surface area contributed by atoms with Gasteiger partial charge in [-0.05, 0) is 35.4 Å². The minimum Gasteiger partial charge on any atom is -0.203 e. The van der Waals surface area contributed by atoms with Gasteiger partial charge >= 0.3 is 0 Å². The summed E-state index contributed by atoms with van der Waals surface area (Å²) in [5.41, 5.74) is 0.342. The van der Waals surface area contributed by atoms with Gasteiger partial charge in [0.25, 0.3) is 0 Å². The Hall–Kier alpha value is -3.22. The van der Waals surface area contributed by atoms with Gasteiger partial charge < -0.3 is 0 Å². The van der Waals surface area contributed by atoms with Crippen LogP contribution >= 0.6 is 22.7 Å². The van der Waals surface area contributed by atoms with E-state index in [1.54, 1.807) is 12.1 Å². The van der Waals surface area contributed by atoms with Crippen LogP contribution in [0.5, 0.6) is 0 Å². The molecule has 0 nitrogen and oxygen atoms in total. The summed E-state index contributed by atoms with van der Waals surface area (Å²) in [5.74, 6) is -5.57. The van der Waals surface area contributed by atoms with Crippen LogP contribution in [0.25, 0.3) is 41.8 Å². The summed E-state index contributed by atoms with van der Waals surface area (Å²) in [6, 6.07) is 24.8. The van der Waals surface area contributed by atoms with Crippen molar-refractivity contribution in [3.8, 4) is 41.8 Å². The molecule has 0 atom stereocenters. The van der Waals surface area contributed by atoms with Crippen molar-refractivity contribution in [3.63, 3.8) is 0 Å². The van der Waals surface area contributed by atoms with E-state index >= 15 is 17.6 Å². The Labute approximate surface area is 190 Å². The molecular formula is C26H14F4S2. The number of thiophene rings is 2. The average molecular weight is 467 g/mol. The molecule has 0 spiro atoms. The zero-order chi connectivity index (χ0) is 22.2. The predicted molar refractivity (Wildman–Crippen MR) is 124 cm³/mol. The zero-order valence-electron chi connectivity index (χ0n) is 16.4. The van der Waals surface area contributed by atoms with Crippen molar-refractivity contribution >= 4 is 22.7 Å². The smallest absolute Gasteiger partial charge is 0.171 e. The Morgan fingerprint density at radius 1 is 0.375 bits per heavy atom. The number of halogens is 4. The van der Waals surface area contributed by atoms with E-state index in [2.05, 4.69) is 0 Å². The molecule has 0 aliphatic rings. The molecule has 5 aromatic rings. The van der Waals surface area contributed by atoms with E-state index in [1.165, 1.54) is 12.1 Å². The molecule has 0 saturated heterocycles. The van der Waals surface area contributed by atoms with Crippen LogP contribution in [-0.4, -0.2) is 0 Å². The second kappa shape index (κ2) is 8.37. The lowest BCUT2D eigenvalue weighted by Gasteiger charge is -2.10. The van der Waals surface area contributed by atoms with E-state index in [1.807, 2.05) is 60.7 Å². The number of rotatable bonds is 4. The third-order valence-corrected chi connectivity index (χ3v) is 7.39. The molecule has 0 unspecified atom stereocenters. The van der Waals surface area contributed by atoms with Gasteiger partial charge in [0.2, 0.25) is 0 Å². The molecular weight excluding hydrogens is 452 g/mol. The first-order valence-electron chi connectivity index (χ1n) is 9.72. The van der Waals surface area contributed by atoms with Gasteiger partial charge in [-0.3, -0.25) is 0 Å². The Bertz CT molecular complexity index is 1270. The lowest BCUT2D eigenvalue weighted by Crippen LogP contribution is -2.02. The Morgan fingerprint density at radius 3 is 1.03 bits per heavy atom. The lowest BCUT2D eigenvalue weighted by atomic mass is 10.0. The first kappa shape index (κ1) is 20.7. The van der Waals surface area contributed by atoms with Crippen molar-refractivity contribution in [2.45, 2.75) is 0 Å². The van der Waals surface area contributed by atoms with Gasteiger partial charge in [0, 0.05) is 19.5 Å². The quantitative estimate of drug-likeness (QED) is 0.183. The highest BCUT2D eigenvalue weighted by atomic mass is 32.1. The van der Waals surface area contributed by atoms with Gasteiger partial charge in [-0.25, -0.2) is 17.6 Å². The first-order valence-corrected chi connectivity index (χ1v) is 11.3. The highest BCUT2D eigenvalue weighted by Gasteiger charge is 2.28. The van der Waals surface area contributed by atoms with Crippen LogP contribution in [-0.2, 0) is 0 Å². The number of hydrogen-bond acceptors (Lipinski definition) is 2. The minimum atomic E-state index is -1.39. The van der Waals surface area contributed by atoms with Gasteiger partial charge in [0.15, 0.2) is 23.3 Å². The summed E-state index contributed by atoms with van der Waals surface area (Å²) < 4.78 is 60.2. The summed E-state index contributed by atoms with van der Waals surface area (Å²) >= 11 is 2.15. The molecule has 2 aromatic heterocycles. The summed E-state index contributed by atoms with van der Waals surface area (Å²) in [4.78, 5) is 1.74. The van der Waals surface area contributed by atoms with Gasteiger partial charge in [-0.15, -0.1) is 22.7 Å². The second-order valence-corrected chi connectivity index (χ2v) is 9.23. The molecule has 0 saturated carbocycles. The van der Waals surface area contributed by atoms with Crippen LogP contribution in [0.4, 0.5) is 17.6 Å². The van der Waals surface area contributed by atoms with Gasteiger partial charge in [-0.1, -0.05) is 60.7 Å². The molecule has 2 heterocycles. The summed E-state index contributed by atoms with van der Waals surface area (Å²) in [6.45, 7) is 0. The molecule has 0 aliphatic heterocycles. The highest BCUT2D eigenvalue weighted by molar-refractivity contribution is 7.19. The van der Waals surface area contributed by atoms with Crippen molar-refractivity contribution in [3.05, 3.63) is 108 Å². The zero-order valence-corrected chi connectivity index (χ0v) is 18.0. The largest absolute Gasteiger partial charge is 0.203 e. The Morgan fingerprint density at radius 2 is 0.688 bits per heavy atom. The average Bonchev–Trinajstić information content (AvgIpc) is 3.50. The van der Waals surface area contributed by atoms with Crippen LogP contribution in [0, 0.1) is 23.3 Å². The molecule has 0 amide bonds. The van der Waals surface area contributed by atoms with Crippen LogP contribution in [0.3, 0.4) is 0 Å². The molecule has 3 aromatic carbocycles. The van der Waals surface area contributed by atoms with E-state index < -0.39 is 34.4 Å². The monoisotopic (exact) mass is 466 g/mol. The Balaban J connectivity index is 1.59. The van der Waals surface area contributed by atoms with Crippen molar-refractivity contribution < 1.29 is 17.6 Å². The van der Waals surface area contributed by atoms with Gasteiger partial charge in [0.1, 0.15) is 0 Å². The summed E-state index contributed by atoms with van der Waals surface area (Å²) in [6.07, 6.45) is 0. The van der Waals surface area contributed by atoms with E-state index in [-0.39, 0.29) is 9.75 Å². The fraction of sp³-hybridized carbons (Fsp3) is 0. The van der Waals surface area contributed by atoms with Gasteiger partial charge in [0.05, 0.1) is 11.1 Å². The number of hydrogen-bond donors (Lipinski definition) is 0. The van der Waals surface area contributed by atoms with Crippen LogP contribution < -0.4 is 0 Å². The fourth-order valence-electron chi connectivity index (χ4n) is 3.52. The molecule has 32 heavy (non-hydrogen) atoms. The summed E-state index contributed by atoms with van der Waals surface area (Å²) in [7, 11) is 0. The first-order chi connectivity index (χ1) is 15.5. The van der Waals surface area contributed by atoms with E-state index in [9.17, 15) is 0 Å². The maximum absolute atomic E-state index is 15.0. The topological polar surface area (TPSA) is 0 Å². The van der Waals surface area contributed by atoms with Gasteiger partial charge in [-0.2, -0.15) is 0 Å². The predicted octanol–water partition coefficient (Wildman–Crippen LogP) is 9.03. The van der Waals surface area contributed by atoms with Crippen molar-refractivity contribution in [2.24, 2.45) is 0 Å². The minimum absolute atomic E-state index is 0.124. The molecule has 6 heteroatoms. The molecule has 158 valence electrons. The third-order valence-electron chi connectivity index (χ3n) is 5.08. The molecule has 0 aliphatic carbocycles. The lowest BCUT2D eigenvalue weighted by molar-refractivity contribution is 0.463. The molecule has 0 N–H and O–H groups in total. The maximum Gasteiger partial charge on any atom is 0.171 e. The van der Waals surface area contributed by atoms with Crippen LogP contribution in [0.15, 0.2) is 84.9 Å². The Kier molecular flexibility index (Phi) is 5.41. The number of benzene rings is 3. The standard InChI is InChI=1S/C26H14F4S2/c27-23-21(19-13-11-17(31-19)15-7-3-1-4-8-15)24(28)26(30)22(25(23)29)20-14-12-18(32-20)16-9-5-2-6-10-16/h1-14H. The van der Waals surface area contributed by atoms with Crippen LogP contribution in [0.1, 0.15) is 0 Å². The van der Waals surface area contributed by atoms with E-state index in [4.69, 9.17) is 0 Å². The van der Waals surface area contributed by atoms with E-state index in [0.717, 1.165) is 43.6 Å². The summed E-state index contributed by atoms with van der Waals surface area (Å²) in [5, 5.41) is 0. The third kappa shape index (κ3) is 3.55. The molecule has 0 fully saturated rings. The van der Waals surface area contributed by atoms with Crippen LogP contribution in [0.2, 0.25) is 0 Å². The maximum atomic E-state index is 15.0. The SMILES string of the molecule is Fc1c(F)c(-c2ccc(-c3ccccc3)s2)c(F)c(F)c1-c1ccc(-c2ccccc2)s1. The highest BCUT2D eigenvalue weighted by Crippen LogP contribution is 2.43. The van der Waals surface area contributed by atoms with E-state index in [0.29, 0.717) is 0 Å². The molecule has 0 radical (unpaired) electrons. The van der Waals surface area contributed by atoms with Crippen molar-refractivity contribution in [1.29, 1.82) is 0 Å². The van der Waals surface area contributed by atoms with Crippen molar-refractivity contribution in [2.75, 3.05) is 0 Å². The second-order valence-electron chi connectivity index (χ2n) is 7.07. The molecule has 5 rings (SSSR count). The molecule has 0 bridgehead atoms. The normalized spacial score (nSPS) is 11.1.